The maximum atomic E-state index is 15.2. The highest BCUT2D eigenvalue weighted by Crippen LogP contribution is 2.26. The van der Waals surface area contributed by atoms with E-state index in [1.165, 1.54) is 25.3 Å². The molecule has 0 N–H and O–H groups in total. The molecule has 0 amide bonds. The summed E-state index contributed by atoms with van der Waals surface area (Å²) in [4.78, 5) is 0. The lowest BCUT2D eigenvalue weighted by Crippen LogP contribution is -2.03. The molecule has 7 heteroatoms. The lowest BCUT2D eigenvalue weighted by atomic mass is 9.96. The fourth-order valence-electron chi connectivity index (χ4n) is 4.42. The van der Waals surface area contributed by atoms with Crippen LogP contribution < -0.4 is 0 Å². The first-order valence-corrected chi connectivity index (χ1v) is 11.8. The SMILES string of the molecule is COCCc1cc(F)c(CCc2ccc3c(F)c(CCc4cc(F)c(C#N)c(F)c4)ccc3c2)c(F)c1. The van der Waals surface area contributed by atoms with Gasteiger partial charge in [0.1, 0.15) is 40.7 Å². The van der Waals surface area contributed by atoms with E-state index in [4.69, 9.17) is 10.00 Å². The van der Waals surface area contributed by atoms with E-state index in [9.17, 15) is 17.6 Å². The van der Waals surface area contributed by atoms with Gasteiger partial charge in [-0.15, -0.1) is 0 Å². The van der Waals surface area contributed by atoms with Crippen LogP contribution in [0.2, 0.25) is 0 Å². The summed E-state index contributed by atoms with van der Waals surface area (Å²) < 4.78 is 76.8. The molecule has 0 bridgehead atoms. The summed E-state index contributed by atoms with van der Waals surface area (Å²) in [6.45, 7) is 0.375. The van der Waals surface area contributed by atoms with E-state index in [2.05, 4.69) is 0 Å². The second-order valence-corrected chi connectivity index (χ2v) is 8.92. The Morgan fingerprint density at radius 3 is 1.95 bits per heavy atom. The summed E-state index contributed by atoms with van der Waals surface area (Å²) in [5.74, 6) is -3.49. The van der Waals surface area contributed by atoms with Gasteiger partial charge in [-0.2, -0.15) is 5.26 Å². The number of ether oxygens (including phenoxy) is 1. The van der Waals surface area contributed by atoms with E-state index < -0.39 is 34.6 Å². The molecule has 0 unspecified atom stereocenters. The van der Waals surface area contributed by atoms with Crippen LogP contribution in [-0.4, -0.2) is 13.7 Å². The number of aryl methyl sites for hydroxylation is 3. The average Bonchev–Trinajstić information content (AvgIpc) is 2.86. The molecule has 0 saturated heterocycles. The highest BCUT2D eigenvalue weighted by atomic mass is 19.1. The third-order valence-electron chi connectivity index (χ3n) is 6.45. The molecular formula is C30H24F5NO. The molecule has 37 heavy (non-hydrogen) atoms. The van der Waals surface area contributed by atoms with Crippen molar-refractivity contribution in [3.8, 4) is 6.07 Å². The number of benzene rings is 4. The highest BCUT2D eigenvalue weighted by molar-refractivity contribution is 5.84. The molecular weight excluding hydrogens is 485 g/mol. The van der Waals surface area contributed by atoms with Crippen molar-refractivity contribution in [2.24, 2.45) is 0 Å². The third-order valence-corrected chi connectivity index (χ3v) is 6.45. The van der Waals surface area contributed by atoms with Crippen molar-refractivity contribution in [2.75, 3.05) is 13.7 Å². The number of fused-ring (bicyclic) bond motifs is 1. The fourth-order valence-corrected chi connectivity index (χ4v) is 4.42. The van der Waals surface area contributed by atoms with Crippen LogP contribution in [0.3, 0.4) is 0 Å². The van der Waals surface area contributed by atoms with Crippen LogP contribution in [0.5, 0.6) is 0 Å². The molecule has 0 spiro atoms. The van der Waals surface area contributed by atoms with E-state index in [0.717, 1.165) is 17.7 Å². The molecule has 0 aliphatic rings. The number of nitrogens with zero attached hydrogens (tertiary/aromatic N) is 1. The monoisotopic (exact) mass is 509 g/mol. The van der Waals surface area contributed by atoms with Gasteiger partial charge >= 0.3 is 0 Å². The molecule has 0 heterocycles. The van der Waals surface area contributed by atoms with Gasteiger partial charge in [-0.25, -0.2) is 22.0 Å². The van der Waals surface area contributed by atoms with Crippen LogP contribution in [0, 0.1) is 40.4 Å². The summed E-state index contributed by atoms with van der Waals surface area (Å²) in [6, 6.07) is 14.8. The molecule has 190 valence electrons. The van der Waals surface area contributed by atoms with Crippen molar-refractivity contribution in [3.63, 3.8) is 0 Å². The Morgan fingerprint density at radius 2 is 1.30 bits per heavy atom. The molecule has 0 fully saturated rings. The van der Waals surface area contributed by atoms with Crippen molar-refractivity contribution in [2.45, 2.75) is 32.1 Å². The van der Waals surface area contributed by atoms with Gasteiger partial charge in [-0.3, -0.25) is 0 Å². The third kappa shape index (κ3) is 5.98. The Labute approximate surface area is 211 Å². The minimum atomic E-state index is -0.939. The Hall–Kier alpha value is -3.76. The zero-order valence-electron chi connectivity index (χ0n) is 20.2. The van der Waals surface area contributed by atoms with Gasteiger partial charge < -0.3 is 4.74 Å². The summed E-state index contributed by atoms with van der Waals surface area (Å²) in [7, 11) is 1.53. The lowest BCUT2D eigenvalue weighted by molar-refractivity contribution is 0.202. The van der Waals surface area contributed by atoms with E-state index in [0.29, 0.717) is 46.9 Å². The molecule has 4 aromatic rings. The van der Waals surface area contributed by atoms with Crippen molar-refractivity contribution in [1.29, 1.82) is 5.26 Å². The van der Waals surface area contributed by atoms with E-state index in [1.807, 2.05) is 0 Å². The smallest absolute Gasteiger partial charge is 0.144 e. The fraction of sp³-hybridized carbons (Fsp3) is 0.233. The number of hydrogen-bond donors (Lipinski definition) is 0. The molecule has 0 aliphatic carbocycles. The van der Waals surface area contributed by atoms with Gasteiger partial charge in [0, 0.05) is 18.1 Å². The second-order valence-electron chi connectivity index (χ2n) is 8.92. The minimum absolute atomic E-state index is 0.0125. The molecule has 4 rings (SSSR count). The quantitative estimate of drug-likeness (QED) is 0.224. The van der Waals surface area contributed by atoms with Gasteiger partial charge in [0.2, 0.25) is 0 Å². The second kappa shape index (κ2) is 11.5. The Morgan fingerprint density at radius 1 is 0.676 bits per heavy atom. The normalized spacial score (nSPS) is 11.2. The van der Waals surface area contributed by atoms with Crippen LogP contribution in [-0.2, 0) is 36.8 Å². The van der Waals surface area contributed by atoms with Gasteiger partial charge in [0.15, 0.2) is 0 Å². The Kier molecular flexibility index (Phi) is 8.20. The Balaban J connectivity index is 1.47. The molecule has 0 aromatic heterocycles. The predicted molar refractivity (Wildman–Crippen MR) is 132 cm³/mol. The average molecular weight is 510 g/mol. The number of hydrogen-bond acceptors (Lipinski definition) is 2. The van der Waals surface area contributed by atoms with Crippen molar-refractivity contribution in [1.82, 2.24) is 0 Å². The van der Waals surface area contributed by atoms with Gasteiger partial charge in [-0.05, 0) is 84.0 Å². The molecule has 4 aromatic carbocycles. The molecule has 0 aliphatic heterocycles. The van der Waals surface area contributed by atoms with E-state index in [-0.39, 0.29) is 24.8 Å². The van der Waals surface area contributed by atoms with Crippen molar-refractivity contribution >= 4 is 10.8 Å². The largest absolute Gasteiger partial charge is 0.384 e. The van der Waals surface area contributed by atoms with Crippen LogP contribution >= 0.6 is 0 Å². The predicted octanol–water partition coefficient (Wildman–Crippen LogP) is 7.17. The minimum Gasteiger partial charge on any atom is -0.384 e. The van der Waals surface area contributed by atoms with Crippen molar-refractivity contribution < 1.29 is 26.7 Å². The van der Waals surface area contributed by atoms with Gasteiger partial charge in [0.25, 0.3) is 0 Å². The number of nitriles is 1. The maximum Gasteiger partial charge on any atom is 0.144 e. The summed E-state index contributed by atoms with van der Waals surface area (Å²) in [5, 5.41) is 9.82. The van der Waals surface area contributed by atoms with Crippen LogP contribution in [0.25, 0.3) is 10.8 Å². The highest BCUT2D eigenvalue weighted by Gasteiger charge is 2.14. The standard InChI is InChI=1S/C30H24F5NO/c1-37-11-10-20-15-26(31)24(27(32)16-20)9-4-18-3-8-23-22(12-18)7-6-21(30(23)35)5-2-19-13-28(33)25(17-36)29(34)14-19/h3,6-8,12-16H,2,4-5,9-11H2,1H3. The molecule has 0 saturated carbocycles. The van der Waals surface area contributed by atoms with Crippen molar-refractivity contribution in [3.05, 3.63) is 117 Å². The first kappa shape index (κ1) is 26.3. The van der Waals surface area contributed by atoms with Crippen LogP contribution in [0.15, 0.2) is 54.6 Å². The van der Waals surface area contributed by atoms with E-state index >= 15 is 4.39 Å². The maximum absolute atomic E-state index is 15.2. The van der Waals surface area contributed by atoms with Crippen LogP contribution in [0.1, 0.15) is 33.4 Å². The molecule has 0 radical (unpaired) electrons. The first-order valence-electron chi connectivity index (χ1n) is 11.8. The zero-order chi connectivity index (χ0) is 26.5. The molecule has 0 atom stereocenters. The summed E-state index contributed by atoms with van der Waals surface area (Å²) >= 11 is 0. The topological polar surface area (TPSA) is 33.0 Å². The number of halogens is 5. The first-order chi connectivity index (χ1) is 17.8. The number of methoxy groups -OCH3 is 1. The summed E-state index contributed by atoms with van der Waals surface area (Å²) in [6.07, 6.45) is 1.37. The van der Waals surface area contributed by atoms with Crippen LogP contribution in [0.4, 0.5) is 22.0 Å². The summed E-state index contributed by atoms with van der Waals surface area (Å²) in [5.41, 5.74) is 1.44. The van der Waals surface area contributed by atoms with E-state index in [1.54, 1.807) is 30.3 Å². The number of rotatable bonds is 9. The van der Waals surface area contributed by atoms with Gasteiger partial charge in [0.05, 0.1) is 6.61 Å². The van der Waals surface area contributed by atoms with Gasteiger partial charge in [-0.1, -0.05) is 30.3 Å². The zero-order valence-corrected chi connectivity index (χ0v) is 20.2. The Bertz CT molecular complexity index is 1450. The molecule has 2 nitrogen and oxygen atoms in total. The lowest BCUT2D eigenvalue weighted by Gasteiger charge is -2.11.